The van der Waals surface area contributed by atoms with Crippen LogP contribution in [0.4, 0.5) is 5.69 Å². The van der Waals surface area contributed by atoms with E-state index >= 15 is 0 Å². The summed E-state index contributed by atoms with van der Waals surface area (Å²) >= 11 is 7.55. The molecule has 0 radical (unpaired) electrons. The number of benzene rings is 1. The fourth-order valence-electron chi connectivity index (χ4n) is 3.50. The van der Waals surface area contributed by atoms with Crippen molar-refractivity contribution >= 4 is 40.4 Å². The van der Waals surface area contributed by atoms with Crippen LogP contribution in [0.3, 0.4) is 0 Å². The maximum atomic E-state index is 12.4. The topological polar surface area (TPSA) is 85.2 Å². The summed E-state index contributed by atoms with van der Waals surface area (Å²) in [7, 11) is 0. The second kappa shape index (κ2) is 10.4. The molecule has 6 nitrogen and oxygen atoms in total. The van der Waals surface area contributed by atoms with Crippen molar-refractivity contribution in [3.63, 3.8) is 0 Å². The molecule has 0 aliphatic carbocycles. The van der Waals surface area contributed by atoms with Gasteiger partial charge in [-0.2, -0.15) is 16.6 Å². The van der Waals surface area contributed by atoms with Crippen molar-refractivity contribution in [2.45, 2.75) is 31.7 Å². The number of carbonyl (C=O) groups excluding carboxylic acids is 2. The Bertz CT molecular complexity index is 887. The van der Waals surface area contributed by atoms with Crippen LogP contribution < -0.4 is 10.6 Å². The molecule has 1 aromatic heterocycles. The van der Waals surface area contributed by atoms with Crippen LogP contribution in [0.25, 0.3) is 0 Å². The van der Waals surface area contributed by atoms with E-state index in [1.54, 1.807) is 17.4 Å². The van der Waals surface area contributed by atoms with Crippen LogP contribution in [0.2, 0.25) is 5.02 Å². The van der Waals surface area contributed by atoms with Crippen molar-refractivity contribution in [3.8, 4) is 6.07 Å². The monoisotopic (exact) mass is 430 g/mol. The van der Waals surface area contributed by atoms with E-state index in [2.05, 4.69) is 27.0 Å². The average Bonchev–Trinajstić information content (AvgIpc) is 3.11. The Hall–Kier alpha value is -2.40. The van der Waals surface area contributed by atoms with Gasteiger partial charge in [0.25, 0.3) is 0 Å². The summed E-state index contributed by atoms with van der Waals surface area (Å²) in [6.45, 7) is 2.32. The minimum atomic E-state index is -0.816. The molecule has 0 bridgehead atoms. The van der Waals surface area contributed by atoms with E-state index < -0.39 is 11.8 Å². The lowest BCUT2D eigenvalue weighted by Gasteiger charge is -2.30. The second-order valence-electron chi connectivity index (χ2n) is 6.99. The number of nitrogens with zero attached hydrogens (tertiary/aromatic N) is 2. The zero-order valence-electron chi connectivity index (χ0n) is 16.0. The minimum Gasteiger partial charge on any atom is -0.346 e. The normalized spacial score (nSPS) is 15.7. The molecular weight excluding hydrogens is 408 g/mol. The standard InChI is InChI=1S/C21H23ClN4O2S/c22-17-6-5-15(12-23)18(11-17)25-21(28)20(27)24-13-19(16-7-10-29-14-16)26-8-3-1-2-4-9-26/h5-7,10-11,14,19H,1-4,8-9,13H2,(H,24,27)(H,25,28). The number of carbonyl (C=O) groups is 2. The summed E-state index contributed by atoms with van der Waals surface area (Å²) in [5, 5.41) is 18.9. The van der Waals surface area contributed by atoms with Gasteiger partial charge in [0.05, 0.1) is 17.3 Å². The first-order chi connectivity index (χ1) is 14.1. The van der Waals surface area contributed by atoms with Gasteiger partial charge in [-0.1, -0.05) is 24.4 Å². The number of hydrogen-bond acceptors (Lipinski definition) is 5. The van der Waals surface area contributed by atoms with Gasteiger partial charge in [-0.15, -0.1) is 0 Å². The number of anilines is 1. The quantitative estimate of drug-likeness (QED) is 0.703. The summed E-state index contributed by atoms with van der Waals surface area (Å²) in [6, 6.07) is 8.59. The van der Waals surface area contributed by atoms with Gasteiger partial charge in [-0.3, -0.25) is 14.5 Å². The minimum absolute atomic E-state index is 0.0388. The number of thiophene rings is 1. The lowest BCUT2D eigenvalue weighted by molar-refractivity contribution is -0.136. The highest BCUT2D eigenvalue weighted by Crippen LogP contribution is 2.25. The largest absolute Gasteiger partial charge is 0.346 e. The predicted molar refractivity (Wildman–Crippen MR) is 115 cm³/mol. The third-order valence-electron chi connectivity index (χ3n) is 5.02. The Morgan fingerprint density at radius 3 is 2.59 bits per heavy atom. The zero-order valence-corrected chi connectivity index (χ0v) is 17.6. The molecule has 1 aliphatic heterocycles. The van der Waals surface area contributed by atoms with Crippen molar-refractivity contribution < 1.29 is 9.59 Å². The van der Waals surface area contributed by atoms with Crippen molar-refractivity contribution in [1.82, 2.24) is 10.2 Å². The molecule has 2 N–H and O–H groups in total. The van der Waals surface area contributed by atoms with Gasteiger partial charge in [-0.05, 0) is 66.5 Å². The molecule has 0 saturated carbocycles. The Balaban J connectivity index is 1.64. The van der Waals surface area contributed by atoms with E-state index in [1.165, 1.54) is 25.0 Å². The number of rotatable bonds is 5. The van der Waals surface area contributed by atoms with Gasteiger partial charge in [0.1, 0.15) is 6.07 Å². The highest BCUT2D eigenvalue weighted by atomic mass is 35.5. The number of hydrogen-bond donors (Lipinski definition) is 2. The van der Waals surface area contributed by atoms with Gasteiger partial charge in [-0.25, -0.2) is 0 Å². The summed E-state index contributed by atoms with van der Waals surface area (Å²) < 4.78 is 0. The predicted octanol–water partition coefficient (Wildman–Crippen LogP) is 3.95. The molecular formula is C21H23ClN4O2S. The van der Waals surface area contributed by atoms with Gasteiger partial charge in [0.15, 0.2) is 0 Å². The molecule has 2 amide bonds. The molecule has 1 aromatic carbocycles. The lowest BCUT2D eigenvalue weighted by Crippen LogP contribution is -2.42. The number of amides is 2. The van der Waals surface area contributed by atoms with Crippen LogP contribution in [0.5, 0.6) is 0 Å². The van der Waals surface area contributed by atoms with Gasteiger partial charge < -0.3 is 10.6 Å². The van der Waals surface area contributed by atoms with E-state index in [4.69, 9.17) is 16.9 Å². The molecule has 2 aromatic rings. The fourth-order valence-corrected chi connectivity index (χ4v) is 4.37. The van der Waals surface area contributed by atoms with Crippen LogP contribution in [0, 0.1) is 11.3 Å². The molecule has 152 valence electrons. The highest BCUT2D eigenvalue weighted by Gasteiger charge is 2.24. The van der Waals surface area contributed by atoms with Crippen molar-refractivity contribution in [3.05, 3.63) is 51.2 Å². The smallest absolute Gasteiger partial charge is 0.313 e. The molecule has 8 heteroatoms. The second-order valence-corrected chi connectivity index (χ2v) is 8.20. The average molecular weight is 431 g/mol. The summed E-state index contributed by atoms with van der Waals surface area (Å²) in [4.78, 5) is 27.1. The van der Waals surface area contributed by atoms with E-state index in [0.29, 0.717) is 11.6 Å². The molecule has 0 spiro atoms. The Labute approximate surface area is 179 Å². The Morgan fingerprint density at radius 2 is 1.93 bits per heavy atom. The summed E-state index contributed by atoms with van der Waals surface area (Å²) in [6.07, 6.45) is 4.73. The summed E-state index contributed by atoms with van der Waals surface area (Å²) in [5.41, 5.74) is 1.62. The van der Waals surface area contributed by atoms with Gasteiger partial charge >= 0.3 is 11.8 Å². The van der Waals surface area contributed by atoms with Crippen LogP contribution in [0.15, 0.2) is 35.0 Å². The Morgan fingerprint density at radius 1 is 1.17 bits per heavy atom. The number of nitrogens with one attached hydrogen (secondary N) is 2. The fraction of sp³-hybridized carbons (Fsp3) is 0.381. The zero-order chi connectivity index (χ0) is 20.6. The third kappa shape index (κ3) is 5.80. The summed E-state index contributed by atoms with van der Waals surface area (Å²) in [5.74, 6) is -1.55. The van der Waals surface area contributed by atoms with E-state index in [9.17, 15) is 9.59 Å². The van der Waals surface area contributed by atoms with Crippen LogP contribution in [-0.4, -0.2) is 36.3 Å². The highest BCUT2D eigenvalue weighted by molar-refractivity contribution is 7.08. The van der Waals surface area contributed by atoms with Crippen LogP contribution in [-0.2, 0) is 9.59 Å². The lowest BCUT2D eigenvalue weighted by atomic mass is 10.1. The van der Waals surface area contributed by atoms with Gasteiger partial charge in [0, 0.05) is 11.6 Å². The molecule has 1 fully saturated rings. The number of nitriles is 1. The van der Waals surface area contributed by atoms with Crippen molar-refractivity contribution in [1.29, 1.82) is 5.26 Å². The van der Waals surface area contributed by atoms with E-state index in [1.807, 2.05) is 11.4 Å². The first-order valence-electron chi connectivity index (χ1n) is 9.63. The van der Waals surface area contributed by atoms with Crippen LogP contribution in [0.1, 0.15) is 42.9 Å². The van der Waals surface area contributed by atoms with Crippen molar-refractivity contribution in [2.24, 2.45) is 0 Å². The molecule has 1 unspecified atom stereocenters. The molecule has 2 heterocycles. The molecule has 1 saturated heterocycles. The third-order valence-corrected chi connectivity index (χ3v) is 5.96. The SMILES string of the molecule is N#Cc1ccc(Cl)cc1NC(=O)C(=O)NCC(c1ccsc1)N1CCCCCC1. The first kappa shape index (κ1) is 21.3. The molecule has 1 atom stereocenters. The van der Waals surface area contributed by atoms with Crippen molar-refractivity contribution in [2.75, 3.05) is 25.0 Å². The van der Waals surface area contributed by atoms with E-state index in [-0.39, 0.29) is 17.3 Å². The maximum absolute atomic E-state index is 12.4. The number of halogens is 1. The molecule has 29 heavy (non-hydrogen) atoms. The molecule has 1 aliphatic rings. The first-order valence-corrected chi connectivity index (χ1v) is 11.0. The Kier molecular flexibility index (Phi) is 7.64. The number of likely N-dealkylation sites (tertiary alicyclic amines) is 1. The van der Waals surface area contributed by atoms with Gasteiger partial charge in [0.2, 0.25) is 0 Å². The maximum Gasteiger partial charge on any atom is 0.313 e. The molecule has 3 rings (SSSR count). The van der Waals surface area contributed by atoms with Crippen LogP contribution >= 0.6 is 22.9 Å². The van der Waals surface area contributed by atoms with E-state index in [0.717, 1.165) is 31.5 Å².